The number of pyridine rings is 1. The fourth-order valence-corrected chi connectivity index (χ4v) is 2.19. The summed E-state index contributed by atoms with van der Waals surface area (Å²) >= 11 is 0. The molecule has 1 N–H and O–H groups in total. The lowest BCUT2D eigenvalue weighted by atomic mass is 9.97. The van der Waals surface area contributed by atoms with Gasteiger partial charge in [-0.2, -0.15) is 0 Å². The molecule has 1 aliphatic heterocycles. The van der Waals surface area contributed by atoms with Crippen LogP contribution in [0.5, 0.6) is 0 Å². The van der Waals surface area contributed by atoms with Gasteiger partial charge in [-0.05, 0) is 57.1 Å². The molecule has 0 amide bonds. The first-order valence-electron chi connectivity index (χ1n) is 6.13. The number of nitrogens with zero attached hydrogens (tertiary/aromatic N) is 2. The summed E-state index contributed by atoms with van der Waals surface area (Å²) in [5.74, 6) is 0.855. The molecule has 1 aliphatic rings. The molecule has 1 saturated heterocycles. The highest BCUT2D eigenvalue weighted by Crippen LogP contribution is 2.14. The quantitative estimate of drug-likeness (QED) is 0.832. The zero-order valence-corrected chi connectivity index (χ0v) is 10.0. The van der Waals surface area contributed by atoms with Gasteiger partial charge in [-0.1, -0.05) is 6.07 Å². The van der Waals surface area contributed by atoms with Crippen molar-refractivity contribution in [3.63, 3.8) is 0 Å². The van der Waals surface area contributed by atoms with Crippen molar-refractivity contribution < 1.29 is 0 Å². The van der Waals surface area contributed by atoms with Crippen molar-refractivity contribution in [2.45, 2.75) is 19.4 Å². The van der Waals surface area contributed by atoms with Crippen LogP contribution in [-0.4, -0.2) is 36.6 Å². The lowest BCUT2D eigenvalue weighted by Gasteiger charge is -2.29. The fourth-order valence-electron chi connectivity index (χ4n) is 2.19. The van der Waals surface area contributed by atoms with Gasteiger partial charge in [-0.3, -0.25) is 4.98 Å². The Morgan fingerprint density at radius 3 is 2.94 bits per heavy atom. The molecular weight excluding hydrogens is 198 g/mol. The fraction of sp³-hybridized carbons (Fsp3) is 0.615. The molecule has 0 aliphatic carbocycles. The number of hydrogen-bond donors (Lipinski definition) is 1. The zero-order valence-electron chi connectivity index (χ0n) is 10.0. The van der Waals surface area contributed by atoms with E-state index in [-0.39, 0.29) is 0 Å². The van der Waals surface area contributed by atoms with Crippen molar-refractivity contribution in [2.75, 3.05) is 26.7 Å². The Morgan fingerprint density at radius 1 is 1.44 bits per heavy atom. The third-order valence-electron chi connectivity index (χ3n) is 3.32. The summed E-state index contributed by atoms with van der Waals surface area (Å²) in [7, 11) is 2.21. The molecule has 1 aromatic rings. The third kappa shape index (κ3) is 3.58. The maximum absolute atomic E-state index is 4.11. The summed E-state index contributed by atoms with van der Waals surface area (Å²) in [6, 6.07) is 4.11. The van der Waals surface area contributed by atoms with Crippen molar-refractivity contribution in [2.24, 2.45) is 5.92 Å². The molecule has 0 unspecified atom stereocenters. The Bertz CT molecular complexity index is 291. The molecule has 2 rings (SSSR count). The number of piperidine rings is 1. The van der Waals surface area contributed by atoms with Gasteiger partial charge < -0.3 is 10.2 Å². The van der Waals surface area contributed by atoms with E-state index in [1.54, 1.807) is 0 Å². The molecule has 0 atom stereocenters. The second-order valence-corrected chi connectivity index (χ2v) is 4.74. The monoisotopic (exact) mass is 219 g/mol. The molecule has 3 nitrogen and oxygen atoms in total. The molecule has 1 fully saturated rings. The van der Waals surface area contributed by atoms with E-state index < -0.39 is 0 Å². The zero-order chi connectivity index (χ0) is 11.2. The Hall–Kier alpha value is -0.930. The second kappa shape index (κ2) is 5.97. The predicted molar refractivity (Wildman–Crippen MR) is 66.2 cm³/mol. The molecule has 0 radical (unpaired) electrons. The molecule has 1 aromatic heterocycles. The summed E-state index contributed by atoms with van der Waals surface area (Å²) in [5.41, 5.74) is 1.27. The number of hydrogen-bond acceptors (Lipinski definition) is 3. The van der Waals surface area contributed by atoms with E-state index in [0.717, 1.165) is 19.0 Å². The Balaban J connectivity index is 1.65. The van der Waals surface area contributed by atoms with Crippen molar-refractivity contribution in [3.05, 3.63) is 30.1 Å². The average Bonchev–Trinajstić information content (AvgIpc) is 2.33. The van der Waals surface area contributed by atoms with Crippen LogP contribution in [0.15, 0.2) is 24.5 Å². The molecule has 16 heavy (non-hydrogen) atoms. The van der Waals surface area contributed by atoms with Crippen molar-refractivity contribution >= 4 is 0 Å². The normalized spacial score (nSPS) is 18.8. The first kappa shape index (κ1) is 11.6. The van der Waals surface area contributed by atoms with Crippen LogP contribution in [0.4, 0.5) is 0 Å². The lowest BCUT2D eigenvalue weighted by Crippen LogP contribution is -2.34. The lowest BCUT2D eigenvalue weighted by molar-refractivity contribution is 0.216. The minimum Gasteiger partial charge on any atom is -0.312 e. The molecule has 0 bridgehead atoms. The van der Waals surface area contributed by atoms with Crippen molar-refractivity contribution in [1.82, 2.24) is 15.2 Å². The first-order chi connectivity index (χ1) is 7.84. The van der Waals surface area contributed by atoms with Crippen LogP contribution in [0, 0.1) is 5.92 Å². The number of aromatic nitrogens is 1. The van der Waals surface area contributed by atoms with Crippen LogP contribution in [0.1, 0.15) is 18.4 Å². The number of rotatable bonds is 4. The average molecular weight is 219 g/mol. The van der Waals surface area contributed by atoms with Gasteiger partial charge in [0.05, 0.1) is 0 Å². The van der Waals surface area contributed by atoms with Gasteiger partial charge in [0.1, 0.15) is 0 Å². The van der Waals surface area contributed by atoms with Crippen LogP contribution < -0.4 is 5.32 Å². The Kier molecular flexibility index (Phi) is 4.31. The van der Waals surface area contributed by atoms with Gasteiger partial charge in [0.25, 0.3) is 0 Å². The van der Waals surface area contributed by atoms with E-state index in [1.165, 1.54) is 31.5 Å². The van der Waals surface area contributed by atoms with Gasteiger partial charge in [-0.25, -0.2) is 0 Å². The van der Waals surface area contributed by atoms with E-state index in [1.807, 2.05) is 18.5 Å². The summed E-state index contributed by atoms with van der Waals surface area (Å²) in [4.78, 5) is 6.53. The smallest absolute Gasteiger partial charge is 0.0312 e. The number of nitrogens with one attached hydrogen (secondary N) is 1. The largest absolute Gasteiger partial charge is 0.312 e. The van der Waals surface area contributed by atoms with Crippen LogP contribution >= 0.6 is 0 Å². The van der Waals surface area contributed by atoms with E-state index in [4.69, 9.17) is 0 Å². The van der Waals surface area contributed by atoms with Crippen molar-refractivity contribution in [3.8, 4) is 0 Å². The molecule has 88 valence electrons. The predicted octanol–water partition coefficient (Wildman–Crippen LogP) is 1.51. The highest BCUT2D eigenvalue weighted by Gasteiger charge is 2.15. The molecule has 3 heteroatoms. The standard InChI is InChI=1S/C13H21N3/c1-16-7-4-12(5-8-16)9-15-11-13-3-2-6-14-10-13/h2-3,6,10,12,15H,4-5,7-9,11H2,1H3. The van der Waals surface area contributed by atoms with Crippen LogP contribution in [-0.2, 0) is 6.54 Å². The second-order valence-electron chi connectivity index (χ2n) is 4.74. The highest BCUT2D eigenvalue weighted by atomic mass is 15.1. The van der Waals surface area contributed by atoms with E-state index in [9.17, 15) is 0 Å². The summed E-state index contributed by atoms with van der Waals surface area (Å²) in [5, 5.41) is 3.53. The SMILES string of the molecule is CN1CCC(CNCc2cccnc2)CC1. The summed E-state index contributed by atoms with van der Waals surface area (Å²) in [6.07, 6.45) is 6.41. The van der Waals surface area contributed by atoms with Gasteiger partial charge in [-0.15, -0.1) is 0 Å². The molecule has 0 spiro atoms. The summed E-state index contributed by atoms with van der Waals surface area (Å²) in [6.45, 7) is 4.58. The van der Waals surface area contributed by atoms with Gasteiger partial charge in [0.15, 0.2) is 0 Å². The molecule has 2 heterocycles. The third-order valence-corrected chi connectivity index (χ3v) is 3.32. The maximum Gasteiger partial charge on any atom is 0.0312 e. The van der Waals surface area contributed by atoms with E-state index in [2.05, 4.69) is 28.3 Å². The Morgan fingerprint density at radius 2 is 2.25 bits per heavy atom. The number of likely N-dealkylation sites (tertiary alicyclic amines) is 1. The van der Waals surface area contributed by atoms with Crippen LogP contribution in [0.25, 0.3) is 0 Å². The van der Waals surface area contributed by atoms with Gasteiger partial charge >= 0.3 is 0 Å². The molecular formula is C13H21N3. The Labute approximate surface area is 97.9 Å². The van der Waals surface area contributed by atoms with Crippen molar-refractivity contribution in [1.29, 1.82) is 0 Å². The highest BCUT2D eigenvalue weighted by molar-refractivity contribution is 5.07. The molecule has 0 saturated carbocycles. The van der Waals surface area contributed by atoms with E-state index in [0.29, 0.717) is 0 Å². The minimum atomic E-state index is 0.855. The maximum atomic E-state index is 4.11. The van der Waals surface area contributed by atoms with Gasteiger partial charge in [0, 0.05) is 18.9 Å². The van der Waals surface area contributed by atoms with E-state index >= 15 is 0 Å². The topological polar surface area (TPSA) is 28.2 Å². The van der Waals surface area contributed by atoms with Gasteiger partial charge in [0.2, 0.25) is 0 Å². The van der Waals surface area contributed by atoms with Crippen LogP contribution in [0.3, 0.4) is 0 Å². The minimum absolute atomic E-state index is 0.855. The van der Waals surface area contributed by atoms with Crippen LogP contribution in [0.2, 0.25) is 0 Å². The molecule has 0 aromatic carbocycles. The first-order valence-corrected chi connectivity index (χ1v) is 6.13. The summed E-state index contributed by atoms with van der Waals surface area (Å²) < 4.78 is 0.